The lowest BCUT2D eigenvalue weighted by Crippen LogP contribution is -2.25. The third-order valence-corrected chi connectivity index (χ3v) is 3.10. The van der Waals surface area contributed by atoms with E-state index >= 15 is 0 Å². The Morgan fingerprint density at radius 2 is 2.24 bits per heavy atom. The first kappa shape index (κ1) is 12.6. The molecule has 0 atom stereocenters. The van der Waals surface area contributed by atoms with Crippen molar-refractivity contribution in [2.24, 2.45) is 0 Å². The Morgan fingerprint density at radius 3 is 3.06 bits per heavy atom. The van der Waals surface area contributed by atoms with Gasteiger partial charge in [0.1, 0.15) is 11.5 Å². The molecule has 4 nitrogen and oxygen atoms in total. The predicted octanol–water partition coefficient (Wildman–Crippen LogP) is 1.53. The van der Waals surface area contributed by atoms with Crippen LogP contribution in [0.1, 0.15) is 23.5 Å². The number of furan rings is 1. The molecule has 1 fully saturated rings. The summed E-state index contributed by atoms with van der Waals surface area (Å²) >= 11 is 0. The van der Waals surface area contributed by atoms with Gasteiger partial charge in [-0.05, 0) is 32.0 Å². The minimum Gasteiger partial charge on any atom is -0.463 e. The first-order valence-corrected chi connectivity index (χ1v) is 6.32. The molecule has 0 unspecified atom stereocenters. The van der Waals surface area contributed by atoms with E-state index in [1.54, 1.807) is 0 Å². The summed E-state index contributed by atoms with van der Waals surface area (Å²) < 4.78 is 11.3. The molecule has 1 aromatic heterocycles. The molecule has 0 radical (unpaired) electrons. The fourth-order valence-electron chi connectivity index (χ4n) is 2.18. The largest absolute Gasteiger partial charge is 0.463 e. The summed E-state index contributed by atoms with van der Waals surface area (Å²) in [4.78, 5) is 2.40. The molecule has 1 aromatic rings. The second-order valence-electron chi connectivity index (χ2n) is 4.59. The van der Waals surface area contributed by atoms with E-state index < -0.39 is 0 Å². The Bertz CT molecular complexity index is 341. The van der Waals surface area contributed by atoms with Crippen LogP contribution in [0.3, 0.4) is 0 Å². The summed E-state index contributed by atoms with van der Waals surface area (Å²) in [7, 11) is 1.94. The molecule has 17 heavy (non-hydrogen) atoms. The first-order valence-electron chi connectivity index (χ1n) is 6.32. The maximum absolute atomic E-state index is 5.85. The van der Waals surface area contributed by atoms with Crippen molar-refractivity contribution in [3.05, 3.63) is 23.2 Å². The maximum atomic E-state index is 5.85. The van der Waals surface area contributed by atoms with Crippen LogP contribution in [0.15, 0.2) is 10.5 Å². The van der Waals surface area contributed by atoms with Crippen LogP contribution in [0.5, 0.6) is 0 Å². The minimum absolute atomic E-state index is 0.801. The molecule has 0 bridgehead atoms. The molecule has 0 saturated carbocycles. The quantitative estimate of drug-likeness (QED) is 0.863. The van der Waals surface area contributed by atoms with Crippen LogP contribution in [0.4, 0.5) is 0 Å². The van der Waals surface area contributed by atoms with E-state index in [0.29, 0.717) is 0 Å². The van der Waals surface area contributed by atoms with E-state index in [0.717, 1.165) is 57.3 Å². The van der Waals surface area contributed by atoms with Gasteiger partial charge in [0.2, 0.25) is 0 Å². The molecule has 1 N–H and O–H groups in total. The van der Waals surface area contributed by atoms with E-state index in [1.165, 1.54) is 5.56 Å². The van der Waals surface area contributed by atoms with Crippen LogP contribution in [-0.2, 0) is 17.8 Å². The van der Waals surface area contributed by atoms with Crippen molar-refractivity contribution < 1.29 is 9.15 Å². The number of hydrogen-bond donors (Lipinski definition) is 1. The van der Waals surface area contributed by atoms with Gasteiger partial charge in [0.05, 0.1) is 19.7 Å². The van der Waals surface area contributed by atoms with Crippen molar-refractivity contribution in [3.8, 4) is 0 Å². The van der Waals surface area contributed by atoms with Gasteiger partial charge in [0.25, 0.3) is 0 Å². The number of hydrogen-bond acceptors (Lipinski definition) is 4. The van der Waals surface area contributed by atoms with Crippen LogP contribution in [0, 0.1) is 6.92 Å². The second-order valence-corrected chi connectivity index (χ2v) is 4.59. The summed E-state index contributed by atoms with van der Waals surface area (Å²) in [6.45, 7) is 7.62. The van der Waals surface area contributed by atoms with E-state index in [-0.39, 0.29) is 0 Å². The molecule has 0 aromatic carbocycles. The highest BCUT2D eigenvalue weighted by atomic mass is 16.5. The summed E-state index contributed by atoms with van der Waals surface area (Å²) in [5.74, 6) is 2.11. The van der Waals surface area contributed by atoms with Crippen molar-refractivity contribution in [1.29, 1.82) is 0 Å². The SMILES string of the molecule is CNCc1oc(CN2CCCOCC2)cc1C. The van der Waals surface area contributed by atoms with Crippen molar-refractivity contribution in [1.82, 2.24) is 10.2 Å². The molecule has 4 heteroatoms. The van der Waals surface area contributed by atoms with Gasteiger partial charge in [-0.15, -0.1) is 0 Å². The van der Waals surface area contributed by atoms with Crippen molar-refractivity contribution >= 4 is 0 Å². The van der Waals surface area contributed by atoms with Crippen molar-refractivity contribution in [3.63, 3.8) is 0 Å². The summed E-state index contributed by atoms with van der Waals surface area (Å²) in [6.07, 6.45) is 1.11. The van der Waals surface area contributed by atoms with Gasteiger partial charge >= 0.3 is 0 Å². The number of nitrogens with zero attached hydrogens (tertiary/aromatic N) is 1. The van der Waals surface area contributed by atoms with E-state index in [4.69, 9.17) is 9.15 Å². The Hall–Kier alpha value is -0.840. The fraction of sp³-hybridized carbons (Fsp3) is 0.692. The second kappa shape index (κ2) is 6.19. The summed E-state index contributed by atoms with van der Waals surface area (Å²) in [5.41, 5.74) is 1.24. The van der Waals surface area contributed by atoms with Crippen LogP contribution in [0.25, 0.3) is 0 Å². The Kier molecular flexibility index (Phi) is 4.59. The molecular weight excluding hydrogens is 216 g/mol. The highest BCUT2D eigenvalue weighted by Crippen LogP contribution is 2.16. The zero-order valence-corrected chi connectivity index (χ0v) is 10.8. The van der Waals surface area contributed by atoms with Gasteiger partial charge in [0, 0.05) is 19.7 Å². The Balaban J connectivity index is 1.95. The standard InChI is InChI=1S/C13H22N2O2/c1-11-8-12(17-13(11)9-14-2)10-15-4-3-6-16-7-5-15/h8,14H,3-7,9-10H2,1-2H3. The average molecular weight is 238 g/mol. The summed E-state index contributed by atoms with van der Waals surface area (Å²) in [6, 6.07) is 2.15. The maximum Gasteiger partial charge on any atom is 0.120 e. The van der Waals surface area contributed by atoms with Gasteiger partial charge in [-0.25, -0.2) is 0 Å². The Labute approximate surface area is 103 Å². The zero-order valence-electron chi connectivity index (χ0n) is 10.8. The van der Waals surface area contributed by atoms with Crippen molar-refractivity contribution in [2.45, 2.75) is 26.4 Å². The third-order valence-electron chi connectivity index (χ3n) is 3.10. The fourth-order valence-corrected chi connectivity index (χ4v) is 2.18. The Morgan fingerprint density at radius 1 is 1.35 bits per heavy atom. The molecule has 96 valence electrons. The third kappa shape index (κ3) is 3.56. The van der Waals surface area contributed by atoms with Gasteiger partial charge in [-0.1, -0.05) is 0 Å². The van der Waals surface area contributed by atoms with Gasteiger partial charge < -0.3 is 14.5 Å². The van der Waals surface area contributed by atoms with E-state index in [1.807, 2.05) is 7.05 Å². The lowest BCUT2D eigenvalue weighted by atomic mass is 10.2. The molecule has 1 saturated heterocycles. The number of ether oxygens (including phenoxy) is 1. The minimum atomic E-state index is 0.801. The zero-order chi connectivity index (χ0) is 12.1. The highest BCUT2D eigenvalue weighted by Gasteiger charge is 2.13. The van der Waals surface area contributed by atoms with Crippen molar-refractivity contribution in [2.75, 3.05) is 33.4 Å². The monoisotopic (exact) mass is 238 g/mol. The molecule has 0 spiro atoms. The number of aryl methyl sites for hydroxylation is 1. The van der Waals surface area contributed by atoms with Crippen LogP contribution < -0.4 is 5.32 Å². The molecule has 2 rings (SSSR count). The average Bonchev–Trinajstić information content (AvgIpc) is 2.54. The predicted molar refractivity (Wildman–Crippen MR) is 66.9 cm³/mol. The number of nitrogens with one attached hydrogen (secondary N) is 1. The van der Waals surface area contributed by atoms with E-state index in [2.05, 4.69) is 23.2 Å². The smallest absolute Gasteiger partial charge is 0.120 e. The molecule has 1 aliphatic rings. The molecule has 2 heterocycles. The van der Waals surface area contributed by atoms with Gasteiger partial charge in [-0.2, -0.15) is 0 Å². The lowest BCUT2D eigenvalue weighted by molar-refractivity contribution is 0.139. The molecule has 0 aliphatic carbocycles. The van der Waals surface area contributed by atoms with Gasteiger partial charge in [-0.3, -0.25) is 4.90 Å². The molecule has 0 amide bonds. The van der Waals surface area contributed by atoms with Crippen LogP contribution >= 0.6 is 0 Å². The number of rotatable bonds is 4. The summed E-state index contributed by atoms with van der Waals surface area (Å²) in [5, 5.41) is 3.12. The topological polar surface area (TPSA) is 37.6 Å². The highest BCUT2D eigenvalue weighted by molar-refractivity contribution is 5.20. The van der Waals surface area contributed by atoms with E-state index in [9.17, 15) is 0 Å². The van der Waals surface area contributed by atoms with Crippen LogP contribution in [0.2, 0.25) is 0 Å². The molecule has 1 aliphatic heterocycles. The van der Waals surface area contributed by atoms with Crippen LogP contribution in [-0.4, -0.2) is 38.3 Å². The normalized spacial score (nSPS) is 18.2. The van der Waals surface area contributed by atoms with Gasteiger partial charge in [0.15, 0.2) is 0 Å². The first-order chi connectivity index (χ1) is 8.29. The molecular formula is C13H22N2O2. The lowest BCUT2D eigenvalue weighted by Gasteiger charge is -2.17.